The molecule has 0 fully saturated rings. The molecule has 0 unspecified atom stereocenters. The van der Waals surface area contributed by atoms with Gasteiger partial charge < -0.3 is 23.9 Å². The van der Waals surface area contributed by atoms with E-state index in [1.165, 1.54) is 0 Å². The maximum absolute atomic E-state index is 12.8. The predicted molar refractivity (Wildman–Crippen MR) is 118 cm³/mol. The van der Waals surface area contributed by atoms with Gasteiger partial charge in [0.25, 0.3) is 0 Å². The first kappa shape index (κ1) is 22.1. The number of fused-ring (bicyclic) bond motifs is 1. The van der Waals surface area contributed by atoms with Crippen molar-refractivity contribution in [3.63, 3.8) is 0 Å². The van der Waals surface area contributed by atoms with Crippen LogP contribution in [0, 0.1) is 0 Å². The molecule has 0 atom stereocenters. The third-order valence-corrected chi connectivity index (χ3v) is 5.48. The SMILES string of the molecule is CCOC(=O)c1c(CSc2ccc(OCC)cc2)oc2ccc(O)c(CN(C)C)c12. The van der Waals surface area contributed by atoms with Gasteiger partial charge in [-0.1, -0.05) is 0 Å². The Morgan fingerprint density at radius 3 is 2.47 bits per heavy atom. The first-order valence-electron chi connectivity index (χ1n) is 9.88. The molecule has 30 heavy (non-hydrogen) atoms. The van der Waals surface area contributed by atoms with Gasteiger partial charge in [-0.3, -0.25) is 0 Å². The highest BCUT2D eigenvalue weighted by Crippen LogP contribution is 2.37. The molecule has 0 amide bonds. The zero-order chi connectivity index (χ0) is 21.7. The summed E-state index contributed by atoms with van der Waals surface area (Å²) >= 11 is 1.56. The van der Waals surface area contributed by atoms with Crippen molar-refractivity contribution < 1.29 is 23.8 Å². The Kier molecular flexibility index (Phi) is 7.29. The second-order valence-electron chi connectivity index (χ2n) is 6.99. The number of esters is 1. The number of carbonyl (C=O) groups excluding carboxylic acids is 1. The monoisotopic (exact) mass is 429 g/mol. The van der Waals surface area contributed by atoms with Crippen molar-refractivity contribution in [3.05, 3.63) is 53.3 Å². The van der Waals surface area contributed by atoms with Crippen molar-refractivity contribution in [2.45, 2.75) is 31.0 Å². The molecule has 0 aliphatic carbocycles. The third-order valence-electron chi connectivity index (χ3n) is 4.47. The number of hydrogen-bond donors (Lipinski definition) is 1. The molecule has 2 aromatic carbocycles. The molecule has 1 aromatic heterocycles. The lowest BCUT2D eigenvalue weighted by Gasteiger charge is -2.13. The summed E-state index contributed by atoms with van der Waals surface area (Å²) in [5.74, 6) is 1.51. The van der Waals surface area contributed by atoms with E-state index < -0.39 is 5.97 Å². The van der Waals surface area contributed by atoms with Gasteiger partial charge in [0.05, 0.1) is 19.0 Å². The lowest BCUT2D eigenvalue weighted by Crippen LogP contribution is -2.12. The standard InChI is InChI=1S/C23H27NO5S/c1-5-27-15-7-9-16(10-8-15)30-14-20-22(23(26)28-6-2)21-17(13-24(3)4)18(25)11-12-19(21)29-20/h7-12,25H,5-6,13-14H2,1-4H3. The minimum atomic E-state index is -0.441. The largest absolute Gasteiger partial charge is 0.508 e. The summed E-state index contributed by atoms with van der Waals surface area (Å²) in [5.41, 5.74) is 1.61. The maximum atomic E-state index is 12.8. The lowest BCUT2D eigenvalue weighted by atomic mass is 10.0. The first-order valence-corrected chi connectivity index (χ1v) is 10.9. The van der Waals surface area contributed by atoms with Gasteiger partial charge in [-0.2, -0.15) is 0 Å². The normalized spacial score (nSPS) is 11.2. The van der Waals surface area contributed by atoms with E-state index in [1.54, 1.807) is 30.8 Å². The zero-order valence-corrected chi connectivity index (χ0v) is 18.5. The lowest BCUT2D eigenvalue weighted by molar-refractivity contribution is 0.0526. The third kappa shape index (κ3) is 4.91. The second-order valence-corrected chi connectivity index (χ2v) is 8.04. The topological polar surface area (TPSA) is 72.1 Å². The quantitative estimate of drug-likeness (QED) is 0.376. The van der Waals surface area contributed by atoms with Crippen molar-refractivity contribution in [2.24, 2.45) is 0 Å². The van der Waals surface area contributed by atoms with Crippen LogP contribution in [0.3, 0.4) is 0 Å². The van der Waals surface area contributed by atoms with Crippen molar-refractivity contribution in [1.29, 1.82) is 0 Å². The summed E-state index contributed by atoms with van der Waals surface area (Å²) in [5, 5.41) is 11.1. The van der Waals surface area contributed by atoms with Gasteiger partial charge in [0, 0.05) is 22.4 Å². The van der Waals surface area contributed by atoms with Crippen molar-refractivity contribution in [2.75, 3.05) is 27.3 Å². The fourth-order valence-electron chi connectivity index (χ4n) is 3.24. The van der Waals surface area contributed by atoms with Crippen LogP contribution in [0.2, 0.25) is 0 Å². The molecule has 1 heterocycles. The number of phenols is 1. The van der Waals surface area contributed by atoms with Gasteiger partial charge in [0.2, 0.25) is 0 Å². The molecule has 3 rings (SSSR count). The van der Waals surface area contributed by atoms with Crippen LogP contribution in [0.4, 0.5) is 0 Å². The molecule has 0 radical (unpaired) electrons. The van der Waals surface area contributed by atoms with Gasteiger partial charge >= 0.3 is 5.97 Å². The van der Waals surface area contributed by atoms with Crippen LogP contribution in [0.5, 0.6) is 11.5 Å². The van der Waals surface area contributed by atoms with Crippen molar-refractivity contribution >= 4 is 28.7 Å². The summed E-state index contributed by atoms with van der Waals surface area (Å²) in [6.45, 7) is 5.08. The van der Waals surface area contributed by atoms with Gasteiger partial charge in [-0.05, 0) is 64.3 Å². The van der Waals surface area contributed by atoms with Crippen LogP contribution in [-0.4, -0.2) is 43.3 Å². The summed E-state index contributed by atoms with van der Waals surface area (Å²) in [4.78, 5) is 15.8. The molecule has 3 aromatic rings. The first-order chi connectivity index (χ1) is 14.4. The zero-order valence-electron chi connectivity index (χ0n) is 17.7. The van der Waals surface area contributed by atoms with E-state index in [0.29, 0.717) is 46.8 Å². The van der Waals surface area contributed by atoms with E-state index in [2.05, 4.69) is 0 Å². The number of hydrogen-bond acceptors (Lipinski definition) is 7. The van der Waals surface area contributed by atoms with E-state index in [0.717, 1.165) is 10.6 Å². The smallest absolute Gasteiger partial charge is 0.342 e. The number of rotatable bonds is 9. The number of thioether (sulfide) groups is 1. The molecule has 1 N–H and O–H groups in total. The minimum Gasteiger partial charge on any atom is -0.508 e. The number of furan rings is 1. The van der Waals surface area contributed by atoms with Gasteiger partial charge in [0.1, 0.15) is 28.4 Å². The molecular weight excluding hydrogens is 402 g/mol. The van der Waals surface area contributed by atoms with Crippen LogP contribution in [-0.2, 0) is 17.0 Å². The van der Waals surface area contributed by atoms with Crippen LogP contribution in [0.15, 0.2) is 45.7 Å². The summed E-state index contributed by atoms with van der Waals surface area (Å²) < 4.78 is 16.8. The Morgan fingerprint density at radius 2 is 1.83 bits per heavy atom. The van der Waals surface area contributed by atoms with E-state index in [-0.39, 0.29) is 12.4 Å². The second kappa shape index (κ2) is 9.91. The highest BCUT2D eigenvalue weighted by molar-refractivity contribution is 7.98. The summed E-state index contributed by atoms with van der Waals surface area (Å²) in [6.07, 6.45) is 0. The fraction of sp³-hybridized carbons (Fsp3) is 0.348. The molecule has 0 saturated carbocycles. The van der Waals surface area contributed by atoms with Gasteiger partial charge in [0.15, 0.2) is 0 Å². The molecule has 0 aliphatic heterocycles. The minimum absolute atomic E-state index is 0.133. The van der Waals surface area contributed by atoms with Crippen LogP contribution in [0.1, 0.15) is 35.5 Å². The average molecular weight is 430 g/mol. The fourth-order valence-corrected chi connectivity index (χ4v) is 4.07. The highest BCUT2D eigenvalue weighted by Gasteiger charge is 2.26. The predicted octanol–water partition coefficient (Wildman–Crippen LogP) is 5.07. The summed E-state index contributed by atoms with van der Waals surface area (Å²) in [7, 11) is 3.82. The Labute approximate surface area is 180 Å². The van der Waals surface area contributed by atoms with Crippen molar-refractivity contribution in [1.82, 2.24) is 4.90 Å². The Balaban J connectivity index is 1.98. The van der Waals surface area contributed by atoms with Crippen LogP contribution >= 0.6 is 11.8 Å². The molecule has 7 heteroatoms. The van der Waals surface area contributed by atoms with E-state index in [1.807, 2.05) is 50.2 Å². The van der Waals surface area contributed by atoms with Gasteiger partial charge in [-0.15, -0.1) is 11.8 Å². The Morgan fingerprint density at radius 1 is 1.10 bits per heavy atom. The number of phenolic OH excluding ortho intramolecular Hbond substituents is 1. The number of carbonyl (C=O) groups is 1. The van der Waals surface area contributed by atoms with Crippen molar-refractivity contribution in [3.8, 4) is 11.5 Å². The molecule has 0 aliphatic rings. The van der Waals surface area contributed by atoms with E-state index >= 15 is 0 Å². The Hall–Kier alpha value is -2.64. The Bertz CT molecular complexity index is 1010. The number of ether oxygens (including phenoxy) is 2. The average Bonchev–Trinajstić information content (AvgIpc) is 3.09. The van der Waals surface area contributed by atoms with Crippen LogP contribution in [0.25, 0.3) is 11.0 Å². The molecule has 0 bridgehead atoms. The number of nitrogens with zero attached hydrogens (tertiary/aromatic N) is 1. The van der Waals surface area contributed by atoms with E-state index in [9.17, 15) is 9.90 Å². The van der Waals surface area contributed by atoms with E-state index in [4.69, 9.17) is 13.9 Å². The molecule has 0 spiro atoms. The highest BCUT2D eigenvalue weighted by atomic mass is 32.2. The maximum Gasteiger partial charge on any atom is 0.342 e. The van der Waals surface area contributed by atoms with Crippen LogP contribution < -0.4 is 4.74 Å². The summed E-state index contributed by atoms with van der Waals surface area (Å²) in [6, 6.07) is 11.1. The molecular formula is C23H27NO5S. The molecule has 6 nitrogen and oxygen atoms in total. The molecule has 160 valence electrons. The number of benzene rings is 2. The number of aromatic hydroxyl groups is 1. The molecule has 0 saturated heterocycles. The van der Waals surface area contributed by atoms with Gasteiger partial charge in [-0.25, -0.2) is 4.79 Å².